The number of para-hydroxylation sites is 2. The van der Waals surface area contributed by atoms with Gasteiger partial charge in [-0.15, -0.1) is 11.3 Å². The number of amides is 2. The first-order valence-electron chi connectivity index (χ1n) is 13.1. The third kappa shape index (κ3) is 4.92. The monoisotopic (exact) mass is 650 g/mol. The molecule has 0 saturated heterocycles. The first kappa shape index (κ1) is 27.8. The Kier molecular flexibility index (Phi) is 6.66. The molecule has 3 N–H and O–H groups in total. The van der Waals surface area contributed by atoms with Crippen LogP contribution in [0.3, 0.4) is 0 Å². The Morgan fingerprint density at radius 2 is 1.81 bits per heavy atom. The number of benzene rings is 3. The molecule has 13 heteroatoms. The largest absolute Gasteiger partial charge is 0.506 e. The summed E-state index contributed by atoms with van der Waals surface area (Å²) < 4.78 is 16.6. The molecule has 7 rings (SSSR count). The van der Waals surface area contributed by atoms with Crippen LogP contribution in [0.4, 0.5) is 31.4 Å². The Balaban J connectivity index is 1.26. The Morgan fingerprint density at radius 3 is 2.65 bits per heavy atom. The summed E-state index contributed by atoms with van der Waals surface area (Å²) in [6.07, 6.45) is 0. The maximum absolute atomic E-state index is 15.7. The Morgan fingerprint density at radius 1 is 1.00 bits per heavy atom. The SMILES string of the molecule is CC1(C)CN(c2ccccc2NC(=O)Nc2nc3ccc(Cl)nc3s2)c2c(O)cc(F)c(-c3nc4cc(Cl)ccc4s3)c21. The molecule has 0 fully saturated rings. The van der Waals surface area contributed by atoms with Gasteiger partial charge in [0.25, 0.3) is 0 Å². The van der Waals surface area contributed by atoms with Gasteiger partial charge in [-0.25, -0.2) is 24.1 Å². The molecule has 0 unspecified atom stereocenters. The summed E-state index contributed by atoms with van der Waals surface area (Å²) in [4.78, 5) is 28.9. The molecule has 4 heterocycles. The summed E-state index contributed by atoms with van der Waals surface area (Å²) in [5, 5.41) is 18.5. The van der Waals surface area contributed by atoms with Crippen LogP contribution in [-0.4, -0.2) is 32.6 Å². The lowest BCUT2D eigenvalue weighted by Gasteiger charge is -2.25. The number of nitrogens with zero attached hydrogens (tertiary/aromatic N) is 4. The van der Waals surface area contributed by atoms with Crippen LogP contribution in [0.15, 0.2) is 60.7 Å². The van der Waals surface area contributed by atoms with E-state index in [9.17, 15) is 9.90 Å². The lowest BCUT2D eigenvalue weighted by Crippen LogP contribution is -2.27. The van der Waals surface area contributed by atoms with Crippen LogP contribution in [0.5, 0.6) is 5.75 Å². The molecule has 0 spiro atoms. The van der Waals surface area contributed by atoms with Crippen LogP contribution in [0.1, 0.15) is 19.4 Å². The Hall–Kier alpha value is -4.03. The second kappa shape index (κ2) is 10.3. The number of halogens is 3. The molecule has 3 aromatic carbocycles. The molecule has 0 atom stereocenters. The van der Waals surface area contributed by atoms with Crippen molar-refractivity contribution in [2.24, 2.45) is 0 Å². The number of nitrogens with one attached hydrogen (secondary N) is 2. The highest BCUT2D eigenvalue weighted by atomic mass is 35.5. The van der Waals surface area contributed by atoms with E-state index in [2.05, 4.69) is 20.6 Å². The number of hydrogen-bond acceptors (Lipinski definition) is 8. The van der Waals surface area contributed by atoms with Crippen molar-refractivity contribution in [3.63, 3.8) is 0 Å². The number of anilines is 4. The Bertz CT molecular complexity index is 2100. The molecule has 2 amide bonds. The van der Waals surface area contributed by atoms with Crippen molar-refractivity contribution in [2.75, 3.05) is 22.1 Å². The van der Waals surface area contributed by atoms with E-state index < -0.39 is 17.3 Å². The van der Waals surface area contributed by atoms with Gasteiger partial charge in [-0.05, 0) is 42.5 Å². The van der Waals surface area contributed by atoms with Crippen molar-refractivity contribution < 1.29 is 14.3 Å². The second-order valence-electron chi connectivity index (χ2n) is 10.7. The van der Waals surface area contributed by atoms with Gasteiger partial charge in [0.15, 0.2) is 5.13 Å². The molecule has 216 valence electrons. The predicted molar refractivity (Wildman–Crippen MR) is 173 cm³/mol. The van der Waals surface area contributed by atoms with Crippen molar-refractivity contribution >= 4 is 94.7 Å². The van der Waals surface area contributed by atoms with Crippen molar-refractivity contribution in [2.45, 2.75) is 19.3 Å². The van der Waals surface area contributed by atoms with Gasteiger partial charge in [0, 0.05) is 28.6 Å². The number of thiazole rings is 2. The van der Waals surface area contributed by atoms with Crippen LogP contribution in [-0.2, 0) is 5.41 Å². The van der Waals surface area contributed by atoms with Gasteiger partial charge in [-0.3, -0.25) is 5.32 Å². The van der Waals surface area contributed by atoms with Crippen LogP contribution in [0, 0.1) is 5.82 Å². The summed E-state index contributed by atoms with van der Waals surface area (Å²) in [6.45, 7) is 4.40. The van der Waals surface area contributed by atoms with Crippen molar-refractivity contribution in [1.29, 1.82) is 0 Å². The van der Waals surface area contributed by atoms with Gasteiger partial charge in [0.2, 0.25) is 0 Å². The summed E-state index contributed by atoms with van der Waals surface area (Å²) >= 11 is 14.7. The second-order valence-corrected chi connectivity index (χ2v) is 13.5. The highest BCUT2D eigenvalue weighted by Gasteiger charge is 2.42. The number of hydrogen-bond donors (Lipinski definition) is 3. The third-order valence-electron chi connectivity index (χ3n) is 7.18. The molecule has 0 radical (unpaired) electrons. The van der Waals surface area contributed by atoms with E-state index in [1.54, 1.807) is 36.4 Å². The number of aromatic hydroxyl groups is 1. The van der Waals surface area contributed by atoms with Crippen LogP contribution in [0.2, 0.25) is 10.2 Å². The van der Waals surface area contributed by atoms with Gasteiger partial charge < -0.3 is 15.3 Å². The summed E-state index contributed by atoms with van der Waals surface area (Å²) in [5.74, 6) is -0.764. The lowest BCUT2D eigenvalue weighted by atomic mass is 9.83. The highest BCUT2D eigenvalue weighted by Crippen LogP contribution is 2.55. The lowest BCUT2D eigenvalue weighted by molar-refractivity contribution is 0.262. The number of urea groups is 1. The normalized spacial score (nSPS) is 13.9. The minimum absolute atomic E-state index is 0.203. The molecule has 6 aromatic rings. The van der Waals surface area contributed by atoms with E-state index in [-0.39, 0.29) is 5.75 Å². The molecule has 1 aliphatic heterocycles. The summed E-state index contributed by atoms with van der Waals surface area (Å²) in [5.41, 5.74) is 3.26. The van der Waals surface area contributed by atoms with Gasteiger partial charge in [0.05, 0.1) is 32.8 Å². The number of rotatable bonds is 4. The average molecular weight is 652 g/mol. The first-order valence-corrected chi connectivity index (χ1v) is 15.5. The fraction of sp³-hybridized carbons (Fsp3) is 0.133. The maximum atomic E-state index is 15.7. The molecular weight excluding hydrogens is 630 g/mol. The number of phenols is 1. The number of pyridine rings is 1. The zero-order valence-corrected chi connectivity index (χ0v) is 25.7. The number of fused-ring (bicyclic) bond motifs is 3. The molecular formula is C30H21Cl2FN6O2S2. The maximum Gasteiger partial charge on any atom is 0.325 e. The predicted octanol–water partition coefficient (Wildman–Crippen LogP) is 9.19. The molecule has 1 aliphatic rings. The van der Waals surface area contributed by atoms with E-state index in [0.717, 1.165) is 10.8 Å². The van der Waals surface area contributed by atoms with Crippen molar-refractivity contribution in [3.8, 4) is 16.3 Å². The zero-order chi connectivity index (χ0) is 30.0. The van der Waals surface area contributed by atoms with Crippen molar-refractivity contribution in [3.05, 3.63) is 82.2 Å². The fourth-order valence-corrected chi connectivity index (χ4v) is 7.64. The number of aromatic nitrogens is 3. The molecule has 0 saturated carbocycles. The number of phenolic OH excluding ortho intramolecular Hbond substituents is 1. The molecule has 0 bridgehead atoms. The van der Waals surface area contributed by atoms with Crippen molar-refractivity contribution in [1.82, 2.24) is 15.0 Å². The van der Waals surface area contributed by atoms with Crippen LogP contribution >= 0.6 is 45.9 Å². The quantitative estimate of drug-likeness (QED) is 0.164. The standard InChI is InChI=1S/C30H21Cl2FN6O2S2/c1-30(2)13-39(25-20(40)12-15(33)23(24(25)30)27-34-18-11-14(31)7-9-21(18)42-27)19-6-4-3-5-16(19)35-28(41)38-29-36-17-8-10-22(32)37-26(17)43-29/h3-12,40H,13H2,1-2H3,(H2,35,36,38,41). The molecule has 0 aliphatic carbocycles. The smallest absolute Gasteiger partial charge is 0.325 e. The van der Waals surface area contributed by atoms with Gasteiger partial charge in [-0.2, -0.15) is 0 Å². The van der Waals surface area contributed by atoms with E-state index in [4.69, 9.17) is 28.2 Å². The van der Waals surface area contributed by atoms with Crippen LogP contribution < -0.4 is 15.5 Å². The minimum Gasteiger partial charge on any atom is -0.506 e. The highest BCUT2D eigenvalue weighted by molar-refractivity contribution is 7.22. The average Bonchev–Trinajstić information content (AvgIpc) is 3.61. The van der Waals surface area contributed by atoms with Gasteiger partial charge in [0.1, 0.15) is 32.1 Å². The van der Waals surface area contributed by atoms with Gasteiger partial charge in [-0.1, -0.05) is 60.5 Å². The Labute approximate surface area is 262 Å². The zero-order valence-electron chi connectivity index (χ0n) is 22.6. The first-order chi connectivity index (χ1) is 20.6. The number of carbonyl (C=O) groups excluding carboxylic acids is 1. The van der Waals surface area contributed by atoms with E-state index in [1.165, 1.54) is 22.7 Å². The fourth-order valence-electron chi connectivity index (χ4n) is 5.45. The third-order valence-corrected chi connectivity index (χ3v) is 9.56. The topological polar surface area (TPSA) is 103 Å². The number of carbonyl (C=O) groups is 1. The molecule has 3 aromatic heterocycles. The molecule has 8 nitrogen and oxygen atoms in total. The van der Waals surface area contributed by atoms with Gasteiger partial charge >= 0.3 is 6.03 Å². The summed E-state index contributed by atoms with van der Waals surface area (Å²) in [6, 6.07) is 16.6. The van der Waals surface area contributed by atoms with Crippen LogP contribution in [0.25, 0.3) is 31.1 Å². The van der Waals surface area contributed by atoms with E-state index in [1.807, 2.05) is 36.9 Å². The minimum atomic E-state index is -0.593. The molecule has 43 heavy (non-hydrogen) atoms. The summed E-state index contributed by atoms with van der Waals surface area (Å²) in [7, 11) is 0. The van der Waals surface area contributed by atoms with E-state index >= 15 is 4.39 Å². The van der Waals surface area contributed by atoms with E-state index in [0.29, 0.717) is 70.9 Å².